The van der Waals surface area contributed by atoms with E-state index in [0.29, 0.717) is 18.5 Å². The number of hydrazone groups is 1. The highest BCUT2D eigenvalue weighted by Crippen LogP contribution is 2.39. The SMILES string of the molecule is CCCCN=C(Nc1nnc(C)n1Cc1ccccc1)N1N=C(C)SC1c1ccc(C)cc1. The number of hydrogen-bond donors (Lipinski definition) is 1. The van der Waals surface area contributed by atoms with Gasteiger partial charge in [0.25, 0.3) is 0 Å². The molecule has 1 unspecified atom stereocenters. The van der Waals surface area contributed by atoms with E-state index in [0.717, 1.165) is 30.3 Å². The fraction of sp³-hybridized carbons (Fsp3) is 0.360. The molecular weight excluding hydrogens is 430 g/mol. The summed E-state index contributed by atoms with van der Waals surface area (Å²) >= 11 is 1.73. The number of guanidine groups is 1. The van der Waals surface area contributed by atoms with Gasteiger partial charge in [-0.25, -0.2) is 5.01 Å². The van der Waals surface area contributed by atoms with Crippen LogP contribution in [0.25, 0.3) is 0 Å². The third-order valence-electron chi connectivity index (χ3n) is 5.45. The van der Waals surface area contributed by atoms with Crippen LogP contribution in [0.2, 0.25) is 0 Å². The van der Waals surface area contributed by atoms with E-state index >= 15 is 0 Å². The summed E-state index contributed by atoms with van der Waals surface area (Å²) in [6.07, 6.45) is 2.10. The van der Waals surface area contributed by atoms with Crippen LogP contribution in [0.5, 0.6) is 0 Å². The van der Waals surface area contributed by atoms with Crippen molar-refractivity contribution in [1.82, 2.24) is 19.8 Å². The first-order chi connectivity index (χ1) is 16.0. The summed E-state index contributed by atoms with van der Waals surface area (Å²) in [4.78, 5) is 4.91. The van der Waals surface area contributed by atoms with Crippen LogP contribution in [0.1, 0.15) is 54.6 Å². The van der Waals surface area contributed by atoms with Gasteiger partial charge in [0, 0.05) is 6.54 Å². The summed E-state index contributed by atoms with van der Waals surface area (Å²) in [6, 6.07) is 19.0. The molecule has 1 N–H and O–H groups in total. The zero-order valence-corrected chi connectivity index (χ0v) is 20.5. The van der Waals surface area contributed by atoms with Gasteiger partial charge >= 0.3 is 0 Å². The van der Waals surface area contributed by atoms with E-state index in [1.54, 1.807) is 11.8 Å². The molecule has 1 aromatic heterocycles. The lowest BCUT2D eigenvalue weighted by Gasteiger charge is -2.25. The van der Waals surface area contributed by atoms with Gasteiger partial charge in [-0.05, 0) is 38.3 Å². The Morgan fingerprint density at radius 2 is 1.79 bits per heavy atom. The number of benzene rings is 2. The van der Waals surface area contributed by atoms with Crippen LogP contribution in [0, 0.1) is 13.8 Å². The molecule has 0 spiro atoms. The zero-order chi connectivity index (χ0) is 23.2. The van der Waals surface area contributed by atoms with E-state index in [-0.39, 0.29) is 5.37 Å². The Labute approximate surface area is 200 Å². The number of aryl methyl sites for hydroxylation is 2. The second-order valence-electron chi connectivity index (χ2n) is 8.17. The minimum Gasteiger partial charge on any atom is -0.293 e. The predicted octanol–water partition coefficient (Wildman–Crippen LogP) is 5.59. The lowest BCUT2D eigenvalue weighted by molar-refractivity contribution is 0.435. The Balaban J connectivity index is 1.64. The molecule has 1 aliphatic heterocycles. The van der Waals surface area contributed by atoms with Gasteiger partial charge in [-0.2, -0.15) is 5.10 Å². The van der Waals surface area contributed by atoms with Crippen molar-refractivity contribution in [2.24, 2.45) is 10.1 Å². The molecule has 4 rings (SSSR count). The third-order valence-corrected chi connectivity index (χ3v) is 6.57. The normalized spacial score (nSPS) is 16.2. The van der Waals surface area contributed by atoms with Gasteiger partial charge in [0.15, 0.2) is 0 Å². The molecule has 1 atom stereocenters. The van der Waals surface area contributed by atoms with Crippen molar-refractivity contribution in [3.8, 4) is 0 Å². The van der Waals surface area contributed by atoms with Crippen molar-refractivity contribution in [2.45, 2.75) is 52.5 Å². The van der Waals surface area contributed by atoms with Crippen molar-refractivity contribution in [3.63, 3.8) is 0 Å². The predicted molar refractivity (Wildman–Crippen MR) is 138 cm³/mol. The molecule has 2 aromatic carbocycles. The van der Waals surface area contributed by atoms with E-state index in [9.17, 15) is 0 Å². The Morgan fingerprint density at radius 3 is 2.52 bits per heavy atom. The van der Waals surface area contributed by atoms with E-state index in [2.05, 4.69) is 70.3 Å². The number of hydrogen-bond acceptors (Lipinski definition) is 5. The lowest BCUT2D eigenvalue weighted by atomic mass is 10.1. The number of anilines is 1. The number of rotatable bonds is 7. The molecule has 2 heterocycles. The molecule has 0 fully saturated rings. The molecule has 0 saturated heterocycles. The minimum absolute atomic E-state index is 0.0186. The fourth-order valence-corrected chi connectivity index (χ4v) is 4.58. The summed E-state index contributed by atoms with van der Waals surface area (Å²) < 4.78 is 2.07. The molecule has 0 amide bonds. The van der Waals surface area contributed by atoms with Crippen LogP contribution in [-0.4, -0.2) is 37.3 Å². The highest BCUT2D eigenvalue weighted by Gasteiger charge is 2.31. The van der Waals surface area contributed by atoms with E-state index in [1.807, 2.05) is 37.1 Å². The van der Waals surface area contributed by atoms with Gasteiger partial charge in [-0.15, -0.1) is 10.2 Å². The molecule has 33 heavy (non-hydrogen) atoms. The van der Waals surface area contributed by atoms with E-state index in [4.69, 9.17) is 10.1 Å². The van der Waals surface area contributed by atoms with E-state index in [1.165, 1.54) is 16.7 Å². The first kappa shape index (κ1) is 23.0. The van der Waals surface area contributed by atoms with Gasteiger partial charge in [0.1, 0.15) is 11.2 Å². The molecule has 3 aromatic rings. The van der Waals surface area contributed by atoms with Crippen LogP contribution < -0.4 is 5.32 Å². The highest BCUT2D eigenvalue weighted by atomic mass is 32.2. The topological polar surface area (TPSA) is 70.7 Å². The maximum atomic E-state index is 4.91. The molecule has 172 valence electrons. The standard InChI is InChI=1S/C25H31N7S/c1-5-6-16-26-24(32-23(33-20(4)30-32)22-14-12-18(2)13-15-22)27-25-29-28-19(3)31(25)17-21-10-8-7-9-11-21/h7-15,23H,5-6,16-17H2,1-4H3,(H,26,27,29). The van der Waals surface area contributed by atoms with Gasteiger partial charge in [-0.1, -0.05) is 85.3 Å². The van der Waals surface area contributed by atoms with Crippen LogP contribution in [-0.2, 0) is 6.54 Å². The van der Waals surface area contributed by atoms with Crippen LogP contribution in [0.3, 0.4) is 0 Å². The molecule has 0 saturated carbocycles. The first-order valence-corrected chi connectivity index (χ1v) is 12.3. The average Bonchev–Trinajstić information content (AvgIpc) is 3.37. The number of unbranched alkanes of at least 4 members (excludes halogenated alkanes) is 1. The first-order valence-electron chi connectivity index (χ1n) is 11.4. The minimum atomic E-state index is 0.0186. The highest BCUT2D eigenvalue weighted by molar-refractivity contribution is 8.14. The Kier molecular flexibility index (Phi) is 7.44. The molecule has 0 aliphatic carbocycles. The molecule has 0 bridgehead atoms. The monoisotopic (exact) mass is 461 g/mol. The van der Waals surface area contributed by atoms with Crippen molar-refractivity contribution in [1.29, 1.82) is 0 Å². The summed E-state index contributed by atoms with van der Waals surface area (Å²) in [5.41, 5.74) is 3.62. The van der Waals surface area contributed by atoms with E-state index < -0.39 is 0 Å². The third kappa shape index (κ3) is 5.63. The molecule has 8 heteroatoms. The Bertz CT molecular complexity index is 1120. The summed E-state index contributed by atoms with van der Waals surface area (Å²) in [6.45, 7) is 9.69. The molecule has 1 aliphatic rings. The molecule has 7 nitrogen and oxygen atoms in total. The lowest BCUT2D eigenvalue weighted by Crippen LogP contribution is -2.34. The van der Waals surface area contributed by atoms with Crippen molar-refractivity contribution in [2.75, 3.05) is 11.9 Å². The summed E-state index contributed by atoms with van der Waals surface area (Å²) in [5, 5.41) is 20.0. The van der Waals surface area contributed by atoms with Crippen molar-refractivity contribution in [3.05, 3.63) is 77.1 Å². The van der Waals surface area contributed by atoms with Gasteiger partial charge < -0.3 is 0 Å². The zero-order valence-electron chi connectivity index (χ0n) is 19.7. The largest absolute Gasteiger partial charge is 0.293 e. The number of nitrogens with zero attached hydrogens (tertiary/aromatic N) is 6. The van der Waals surface area contributed by atoms with Gasteiger partial charge in [-0.3, -0.25) is 14.9 Å². The fourth-order valence-electron chi connectivity index (χ4n) is 3.58. The maximum absolute atomic E-state index is 4.91. The summed E-state index contributed by atoms with van der Waals surface area (Å²) in [5.74, 6) is 2.21. The second-order valence-corrected chi connectivity index (χ2v) is 9.44. The number of aromatic nitrogens is 3. The summed E-state index contributed by atoms with van der Waals surface area (Å²) in [7, 11) is 0. The average molecular weight is 462 g/mol. The van der Waals surface area contributed by atoms with Crippen LogP contribution in [0.15, 0.2) is 64.7 Å². The van der Waals surface area contributed by atoms with Crippen LogP contribution >= 0.6 is 11.8 Å². The Morgan fingerprint density at radius 1 is 1.03 bits per heavy atom. The number of nitrogens with one attached hydrogen (secondary N) is 1. The van der Waals surface area contributed by atoms with Crippen LogP contribution in [0.4, 0.5) is 5.95 Å². The maximum Gasteiger partial charge on any atom is 0.231 e. The quantitative estimate of drug-likeness (QED) is 0.282. The van der Waals surface area contributed by atoms with Crippen molar-refractivity contribution >= 4 is 28.7 Å². The van der Waals surface area contributed by atoms with Gasteiger partial charge in [0.2, 0.25) is 11.9 Å². The van der Waals surface area contributed by atoms with Crippen molar-refractivity contribution < 1.29 is 0 Å². The number of aliphatic imine (C=N–C) groups is 1. The number of thioether (sulfide) groups is 1. The Hall–Kier alpha value is -3.13. The second kappa shape index (κ2) is 10.7. The van der Waals surface area contributed by atoms with Gasteiger partial charge in [0.05, 0.1) is 11.6 Å². The smallest absolute Gasteiger partial charge is 0.231 e. The molecular formula is C25H31N7S. The molecule has 0 radical (unpaired) electrons.